The summed E-state index contributed by atoms with van der Waals surface area (Å²) in [5, 5.41) is 17.2. The second kappa shape index (κ2) is 13.2. The van der Waals surface area contributed by atoms with Crippen molar-refractivity contribution in [3.8, 4) is 0 Å². The summed E-state index contributed by atoms with van der Waals surface area (Å²) < 4.78 is 65.7. The normalized spacial score (nSPS) is 15.2. The van der Waals surface area contributed by atoms with E-state index in [0.29, 0.717) is 18.9 Å². The molecule has 3 heterocycles. The smallest absolute Gasteiger partial charge is 0.475 e. The highest BCUT2D eigenvalue weighted by Gasteiger charge is 2.38. The molecule has 2 aromatic heterocycles. The predicted molar refractivity (Wildman–Crippen MR) is 117 cm³/mol. The van der Waals surface area contributed by atoms with Crippen LogP contribution in [0, 0.1) is 5.92 Å². The van der Waals surface area contributed by atoms with Crippen LogP contribution >= 0.6 is 0 Å². The van der Waals surface area contributed by atoms with E-state index < -0.39 is 24.3 Å². The molecule has 1 aliphatic heterocycles. The number of nitrogens with zero attached hydrogens (tertiary/aromatic N) is 4. The molecule has 38 heavy (non-hydrogen) atoms. The zero-order chi connectivity index (χ0) is 28.5. The fourth-order valence-electron chi connectivity index (χ4n) is 3.18. The number of pyridine rings is 1. The van der Waals surface area contributed by atoms with Crippen LogP contribution in [0.5, 0.6) is 0 Å². The number of carboxylic acid groups (broad SMARTS) is 2. The standard InChI is InChI=1S/C18H23N5O.2C2HF3O2/c24-18(8-14-3-4-14)20-10-16-12-23-7-6-22(13-17(23)21-16)11-15-2-1-5-19-9-15;2*3-2(4,5)1(6)7/h1-2,5,9,12,14H,3-4,6-8,10-11,13H2,(H,20,24);2*(H,6,7). The molecular formula is C22H25F6N5O5. The molecule has 3 N–H and O–H groups in total. The lowest BCUT2D eigenvalue weighted by Gasteiger charge is -2.27. The fraction of sp³-hybridized carbons (Fsp3) is 0.500. The molecule has 10 nitrogen and oxygen atoms in total. The molecule has 16 heteroatoms. The van der Waals surface area contributed by atoms with Crippen LogP contribution in [0.15, 0.2) is 30.7 Å². The molecule has 4 rings (SSSR count). The van der Waals surface area contributed by atoms with Gasteiger partial charge < -0.3 is 20.1 Å². The first-order valence-corrected chi connectivity index (χ1v) is 11.2. The first-order valence-electron chi connectivity index (χ1n) is 11.2. The number of halogens is 6. The Kier molecular flexibility index (Phi) is 10.6. The molecule has 0 radical (unpaired) electrons. The van der Waals surface area contributed by atoms with Gasteiger partial charge in [-0.25, -0.2) is 14.6 Å². The average Bonchev–Trinajstić information content (AvgIpc) is 3.54. The largest absolute Gasteiger partial charge is 0.490 e. The minimum atomic E-state index is -5.08. The van der Waals surface area contributed by atoms with Crippen LogP contribution in [0.4, 0.5) is 26.3 Å². The lowest BCUT2D eigenvalue weighted by molar-refractivity contribution is -0.193. The van der Waals surface area contributed by atoms with Gasteiger partial charge in [-0.3, -0.25) is 14.7 Å². The average molecular weight is 553 g/mol. The molecule has 1 fully saturated rings. The van der Waals surface area contributed by atoms with Crippen molar-refractivity contribution in [1.29, 1.82) is 0 Å². The van der Waals surface area contributed by atoms with Gasteiger partial charge in [-0.2, -0.15) is 26.3 Å². The second-order valence-electron chi connectivity index (χ2n) is 8.44. The van der Waals surface area contributed by atoms with E-state index in [1.165, 1.54) is 18.4 Å². The summed E-state index contributed by atoms with van der Waals surface area (Å²) in [7, 11) is 0. The monoisotopic (exact) mass is 553 g/mol. The number of carboxylic acids is 2. The Labute approximate surface area is 212 Å². The van der Waals surface area contributed by atoms with E-state index in [1.54, 1.807) is 6.20 Å². The van der Waals surface area contributed by atoms with Crippen molar-refractivity contribution in [3.63, 3.8) is 0 Å². The maximum Gasteiger partial charge on any atom is 0.490 e. The number of hydrogen-bond acceptors (Lipinski definition) is 6. The molecule has 1 saturated carbocycles. The summed E-state index contributed by atoms with van der Waals surface area (Å²) >= 11 is 0. The van der Waals surface area contributed by atoms with Gasteiger partial charge in [-0.15, -0.1) is 0 Å². The number of imidazole rings is 1. The molecule has 0 spiro atoms. The number of nitrogens with one attached hydrogen (secondary N) is 1. The number of aliphatic carboxylic acids is 2. The minimum Gasteiger partial charge on any atom is -0.475 e. The highest BCUT2D eigenvalue weighted by Crippen LogP contribution is 2.32. The number of aromatic nitrogens is 3. The quantitative estimate of drug-likeness (QED) is 0.465. The van der Waals surface area contributed by atoms with Crippen LogP contribution in [0.2, 0.25) is 0 Å². The number of fused-ring (bicyclic) bond motifs is 1. The SMILES string of the molecule is O=C(CC1CC1)NCc1cn2c(n1)CN(Cc1cccnc1)CC2.O=C(O)C(F)(F)F.O=C(O)C(F)(F)F. The number of amides is 1. The van der Waals surface area contributed by atoms with Gasteiger partial charge in [-0.05, 0) is 30.4 Å². The molecular weight excluding hydrogens is 528 g/mol. The van der Waals surface area contributed by atoms with E-state index in [1.807, 2.05) is 12.3 Å². The third-order valence-corrected chi connectivity index (χ3v) is 5.18. The number of alkyl halides is 6. The highest BCUT2D eigenvalue weighted by atomic mass is 19.4. The van der Waals surface area contributed by atoms with E-state index in [9.17, 15) is 31.1 Å². The van der Waals surface area contributed by atoms with Gasteiger partial charge in [0.05, 0.1) is 18.8 Å². The minimum absolute atomic E-state index is 0.154. The Morgan fingerprint density at radius 3 is 2.13 bits per heavy atom. The van der Waals surface area contributed by atoms with Gasteiger partial charge in [-0.1, -0.05) is 6.07 Å². The van der Waals surface area contributed by atoms with Crippen molar-refractivity contribution in [1.82, 2.24) is 24.8 Å². The lowest BCUT2D eigenvalue weighted by atomic mass is 10.2. The number of rotatable bonds is 6. The van der Waals surface area contributed by atoms with Gasteiger partial charge >= 0.3 is 24.3 Å². The van der Waals surface area contributed by atoms with Crippen molar-refractivity contribution >= 4 is 17.8 Å². The Balaban J connectivity index is 0.000000301. The topological polar surface area (TPSA) is 138 Å². The second-order valence-corrected chi connectivity index (χ2v) is 8.44. The molecule has 0 aromatic carbocycles. The van der Waals surface area contributed by atoms with Crippen LogP contribution in [0.1, 0.15) is 36.3 Å². The first kappa shape index (κ1) is 30.5. The van der Waals surface area contributed by atoms with E-state index in [-0.39, 0.29) is 5.91 Å². The molecule has 0 unspecified atom stereocenters. The number of hydrogen-bond donors (Lipinski definition) is 3. The van der Waals surface area contributed by atoms with Gasteiger partial charge in [0.1, 0.15) is 5.82 Å². The summed E-state index contributed by atoms with van der Waals surface area (Å²) in [6, 6.07) is 4.08. The molecule has 1 amide bonds. The zero-order valence-corrected chi connectivity index (χ0v) is 19.8. The summed E-state index contributed by atoms with van der Waals surface area (Å²) in [4.78, 5) is 40.9. The van der Waals surface area contributed by atoms with Crippen LogP contribution in [0.25, 0.3) is 0 Å². The van der Waals surface area contributed by atoms with Crippen LogP contribution in [-0.2, 0) is 40.6 Å². The first-order chi connectivity index (χ1) is 17.6. The molecule has 2 aromatic rings. The maximum absolute atomic E-state index is 11.8. The molecule has 210 valence electrons. The Bertz CT molecular complexity index is 1060. The van der Waals surface area contributed by atoms with Gasteiger partial charge in [0.25, 0.3) is 0 Å². The Morgan fingerprint density at radius 2 is 1.63 bits per heavy atom. The third kappa shape index (κ3) is 11.1. The van der Waals surface area contributed by atoms with Crippen LogP contribution < -0.4 is 5.32 Å². The zero-order valence-electron chi connectivity index (χ0n) is 19.8. The third-order valence-electron chi connectivity index (χ3n) is 5.18. The molecule has 2 aliphatic rings. The van der Waals surface area contributed by atoms with E-state index in [2.05, 4.69) is 32.0 Å². The van der Waals surface area contributed by atoms with Gasteiger partial charge in [0.15, 0.2) is 0 Å². The summed E-state index contributed by atoms with van der Waals surface area (Å²) in [6.45, 7) is 4.22. The van der Waals surface area contributed by atoms with Crippen LogP contribution in [-0.4, -0.2) is 66.4 Å². The fourth-order valence-corrected chi connectivity index (χ4v) is 3.18. The number of carbonyl (C=O) groups is 3. The van der Waals surface area contributed by atoms with E-state index in [4.69, 9.17) is 24.8 Å². The molecule has 1 aliphatic carbocycles. The van der Waals surface area contributed by atoms with Crippen molar-refractivity contribution in [2.24, 2.45) is 5.92 Å². The number of carbonyl (C=O) groups excluding carboxylic acids is 1. The van der Waals surface area contributed by atoms with Gasteiger partial charge in [0, 0.05) is 44.6 Å². The van der Waals surface area contributed by atoms with Crippen molar-refractivity contribution < 1.29 is 50.9 Å². The molecule has 0 bridgehead atoms. The van der Waals surface area contributed by atoms with Crippen LogP contribution in [0.3, 0.4) is 0 Å². The summed E-state index contributed by atoms with van der Waals surface area (Å²) in [6.07, 6.45) is -1.28. The van der Waals surface area contributed by atoms with Gasteiger partial charge in [0.2, 0.25) is 5.91 Å². The molecule has 0 saturated heterocycles. The van der Waals surface area contributed by atoms with E-state index >= 15 is 0 Å². The summed E-state index contributed by atoms with van der Waals surface area (Å²) in [5.41, 5.74) is 2.18. The molecule has 0 atom stereocenters. The Hall–Kier alpha value is -3.69. The highest BCUT2D eigenvalue weighted by molar-refractivity contribution is 5.76. The van der Waals surface area contributed by atoms with Crippen molar-refractivity contribution in [2.45, 2.75) is 57.8 Å². The van der Waals surface area contributed by atoms with Crippen molar-refractivity contribution in [3.05, 3.63) is 47.8 Å². The van der Waals surface area contributed by atoms with Crippen molar-refractivity contribution in [2.75, 3.05) is 6.54 Å². The Morgan fingerprint density at radius 1 is 1.03 bits per heavy atom. The predicted octanol–water partition coefficient (Wildman–Crippen LogP) is 2.98. The van der Waals surface area contributed by atoms with E-state index in [0.717, 1.165) is 37.7 Å². The summed E-state index contributed by atoms with van der Waals surface area (Å²) in [5.74, 6) is -3.65. The lowest BCUT2D eigenvalue weighted by Crippen LogP contribution is -2.33. The maximum atomic E-state index is 11.8.